The number of pyridine rings is 1. The second kappa shape index (κ2) is 8.51. The van der Waals surface area contributed by atoms with E-state index in [-0.39, 0.29) is 12.3 Å². The molecule has 1 aromatic heterocycles. The van der Waals surface area contributed by atoms with Gasteiger partial charge in [-0.05, 0) is 42.5 Å². The average molecular weight is 458 g/mol. The molecular weight excluding hydrogens is 441 g/mol. The molecule has 4 aromatic rings. The fourth-order valence-corrected chi connectivity index (χ4v) is 4.14. The van der Waals surface area contributed by atoms with Crippen LogP contribution in [0.2, 0.25) is 0 Å². The van der Waals surface area contributed by atoms with Crippen molar-refractivity contribution < 1.29 is 26.3 Å². The van der Waals surface area contributed by atoms with Gasteiger partial charge in [-0.1, -0.05) is 36.4 Å². The zero-order valence-electron chi connectivity index (χ0n) is 16.5. The van der Waals surface area contributed by atoms with Crippen LogP contribution in [0, 0.1) is 0 Å². The highest BCUT2D eigenvalue weighted by Crippen LogP contribution is 2.31. The van der Waals surface area contributed by atoms with Gasteiger partial charge in [0.05, 0.1) is 27.4 Å². The van der Waals surface area contributed by atoms with Gasteiger partial charge < -0.3 is 4.74 Å². The van der Waals surface area contributed by atoms with E-state index < -0.39 is 26.7 Å². The maximum atomic E-state index is 12.9. The van der Waals surface area contributed by atoms with Gasteiger partial charge >= 0.3 is 6.18 Å². The highest BCUT2D eigenvalue weighted by Gasteiger charge is 2.31. The molecule has 0 atom stereocenters. The summed E-state index contributed by atoms with van der Waals surface area (Å²) in [6, 6.07) is 21.1. The monoisotopic (exact) mass is 458 g/mol. The van der Waals surface area contributed by atoms with E-state index in [1.165, 1.54) is 12.1 Å². The van der Waals surface area contributed by atoms with E-state index in [1.54, 1.807) is 12.1 Å². The number of nitrogens with one attached hydrogen (secondary N) is 1. The molecule has 32 heavy (non-hydrogen) atoms. The van der Waals surface area contributed by atoms with Crippen LogP contribution in [0.4, 0.5) is 18.9 Å². The van der Waals surface area contributed by atoms with Crippen LogP contribution in [-0.2, 0) is 22.8 Å². The third-order valence-corrected chi connectivity index (χ3v) is 5.98. The SMILES string of the molecule is O=S(=O)(Nc1cccc(OCc2ccc3ccccc3n2)c1)c1cccc(C(F)(F)F)c1. The van der Waals surface area contributed by atoms with Crippen LogP contribution in [0.15, 0.2) is 89.8 Å². The van der Waals surface area contributed by atoms with Crippen LogP contribution >= 0.6 is 0 Å². The number of rotatable bonds is 6. The molecule has 0 aliphatic carbocycles. The minimum atomic E-state index is -4.64. The Kier molecular flexibility index (Phi) is 5.75. The first-order valence-corrected chi connectivity index (χ1v) is 11.0. The second-order valence-corrected chi connectivity index (χ2v) is 8.63. The van der Waals surface area contributed by atoms with Crippen molar-refractivity contribution in [1.82, 2.24) is 4.98 Å². The second-order valence-electron chi connectivity index (χ2n) is 6.94. The fourth-order valence-electron chi connectivity index (χ4n) is 3.05. The van der Waals surface area contributed by atoms with Crippen LogP contribution in [0.5, 0.6) is 5.75 Å². The van der Waals surface area contributed by atoms with Gasteiger partial charge in [0, 0.05) is 11.5 Å². The fraction of sp³-hybridized carbons (Fsp3) is 0.0870. The number of nitrogens with zero attached hydrogens (tertiary/aromatic N) is 1. The molecule has 5 nitrogen and oxygen atoms in total. The number of benzene rings is 3. The van der Waals surface area contributed by atoms with Crippen LogP contribution < -0.4 is 9.46 Å². The molecule has 9 heteroatoms. The molecule has 3 aromatic carbocycles. The molecule has 0 radical (unpaired) electrons. The Morgan fingerprint density at radius 3 is 2.47 bits per heavy atom. The minimum absolute atomic E-state index is 0.159. The third kappa shape index (κ3) is 5.00. The van der Waals surface area contributed by atoms with Crippen LogP contribution in [0.3, 0.4) is 0 Å². The molecular formula is C23H17F3N2O3S. The first kappa shape index (κ1) is 21.6. The number of para-hydroxylation sites is 1. The highest BCUT2D eigenvalue weighted by atomic mass is 32.2. The van der Waals surface area contributed by atoms with E-state index in [1.807, 2.05) is 36.4 Å². The number of halogens is 3. The molecule has 4 rings (SSSR count). The Morgan fingerprint density at radius 2 is 1.66 bits per heavy atom. The van der Waals surface area contributed by atoms with Crippen molar-refractivity contribution >= 4 is 26.6 Å². The number of fused-ring (bicyclic) bond motifs is 1. The molecule has 0 unspecified atom stereocenters. The van der Waals surface area contributed by atoms with Crippen LogP contribution in [0.25, 0.3) is 10.9 Å². The number of hydrogen-bond acceptors (Lipinski definition) is 4. The Balaban J connectivity index is 1.49. The lowest BCUT2D eigenvalue weighted by atomic mass is 10.2. The van der Waals surface area contributed by atoms with E-state index in [9.17, 15) is 21.6 Å². The van der Waals surface area contributed by atoms with E-state index in [4.69, 9.17) is 4.74 Å². The van der Waals surface area contributed by atoms with E-state index in [0.717, 1.165) is 29.1 Å². The van der Waals surface area contributed by atoms with Gasteiger partial charge in [-0.3, -0.25) is 4.72 Å². The number of hydrogen-bond donors (Lipinski definition) is 1. The van der Waals surface area contributed by atoms with Crippen LogP contribution in [0.1, 0.15) is 11.3 Å². The van der Waals surface area contributed by atoms with Crippen molar-refractivity contribution in [2.45, 2.75) is 17.7 Å². The first-order valence-electron chi connectivity index (χ1n) is 9.48. The summed E-state index contributed by atoms with van der Waals surface area (Å²) >= 11 is 0. The lowest BCUT2D eigenvalue weighted by molar-refractivity contribution is -0.137. The number of anilines is 1. The Bertz CT molecular complexity index is 1370. The van der Waals surface area contributed by atoms with E-state index in [2.05, 4.69) is 9.71 Å². The standard InChI is InChI=1S/C23H17F3N2O3S/c24-23(25,26)17-6-3-9-21(13-17)32(29,30)28-18-7-4-8-20(14-18)31-15-19-12-11-16-5-1-2-10-22(16)27-19/h1-14,28H,15H2. The number of aromatic nitrogens is 1. The zero-order valence-corrected chi connectivity index (χ0v) is 17.3. The normalized spacial score (nSPS) is 12.0. The Labute approximate surface area is 182 Å². The van der Waals surface area contributed by atoms with Crippen molar-refractivity contribution in [2.75, 3.05) is 4.72 Å². The van der Waals surface area contributed by atoms with Crippen LogP contribution in [-0.4, -0.2) is 13.4 Å². The summed E-state index contributed by atoms with van der Waals surface area (Å²) in [5.41, 5.74) is 0.640. The summed E-state index contributed by atoms with van der Waals surface area (Å²) in [6.07, 6.45) is -4.64. The minimum Gasteiger partial charge on any atom is -0.487 e. The van der Waals surface area contributed by atoms with Crippen molar-refractivity contribution in [2.24, 2.45) is 0 Å². The average Bonchev–Trinajstić information content (AvgIpc) is 2.77. The first-order chi connectivity index (χ1) is 15.2. The maximum absolute atomic E-state index is 12.9. The van der Waals surface area contributed by atoms with Crippen molar-refractivity contribution in [3.8, 4) is 5.75 Å². The van der Waals surface area contributed by atoms with Crippen molar-refractivity contribution in [3.63, 3.8) is 0 Å². The summed E-state index contributed by atoms with van der Waals surface area (Å²) in [5.74, 6) is 0.379. The Hall–Kier alpha value is -3.59. The van der Waals surface area contributed by atoms with Gasteiger partial charge in [-0.2, -0.15) is 13.2 Å². The molecule has 0 fully saturated rings. The van der Waals surface area contributed by atoms with Gasteiger partial charge in [0.15, 0.2) is 0 Å². The predicted molar refractivity (Wildman–Crippen MR) is 115 cm³/mol. The summed E-state index contributed by atoms with van der Waals surface area (Å²) < 4.78 is 71.9. The van der Waals surface area contributed by atoms with Gasteiger partial charge in [-0.15, -0.1) is 0 Å². The van der Waals surface area contributed by atoms with Gasteiger partial charge in [0.25, 0.3) is 10.0 Å². The zero-order chi connectivity index (χ0) is 22.8. The number of ether oxygens (including phenoxy) is 1. The molecule has 0 saturated heterocycles. The highest BCUT2D eigenvalue weighted by molar-refractivity contribution is 7.92. The summed E-state index contributed by atoms with van der Waals surface area (Å²) in [4.78, 5) is 4.02. The molecule has 0 aliphatic heterocycles. The number of sulfonamides is 1. The summed E-state index contributed by atoms with van der Waals surface area (Å²) in [6.45, 7) is 0.161. The maximum Gasteiger partial charge on any atom is 0.416 e. The predicted octanol–water partition coefficient (Wildman–Crippen LogP) is 5.63. The van der Waals surface area contributed by atoms with E-state index >= 15 is 0 Å². The topological polar surface area (TPSA) is 68.3 Å². The molecule has 0 amide bonds. The smallest absolute Gasteiger partial charge is 0.416 e. The summed E-state index contributed by atoms with van der Waals surface area (Å²) in [5, 5.41) is 1.00. The molecule has 0 saturated carbocycles. The molecule has 0 spiro atoms. The number of alkyl halides is 3. The molecule has 1 heterocycles. The van der Waals surface area contributed by atoms with Crippen molar-refractivity contribution in [1.29, 1.82) is 0 Å². The molecule has 1 N–H and O–H groups in total. The van der Waals surface area contributed by atoms with Gasteiger partial charge in [0.2, 0.25) is 0 Å². The third-order valence-electron chi connectivity index (χ3n) is 4.60. The van der Waals surface area contributed by atoms with Crippen molar-refractivity contribution in [3.05, 3.63) is 96.2 Å². The largest absolute Gasteiger partial charge is 0.487 e. The summed E-state index contributed by atoms with van der Waals surface area (Å²) in [7, 11) is -4.22. The van der Waals surface area contributed by atoms with Gasteiger partial charge in [0.1, 0.15) is 12.4 Å². The quantitative estimate of drug-likeness (QED) is 0.406. The molecule has 164 valence electrons. The molecule has 0 bridgehead atoms. The lowest BCUT2D eigenvalue weighted by Crippen LogP contribution is -2.14. The molecule has 0 aliphatic rings. The van der Waals surface area contributed by atoms with Gasteiger partial charge in [-0.25, -0.2) is 13.4 Å². The van der Waals surface area contributed by atoms with E-state index in [0.29, 0.717) is 17.5 Å². The lowest BCUT2D eigenvalue weighted by Gasteiger charge is -2.12. The Morgan fingerprint density at radius 1 is 0.875 bits per heavy atom.